The Labute approximate surface area is 71.8 Å². The molecule has 64 valence electrons. The molecule has 1 N–H and O–H groups in total. The summed E-state index contributed by atoms with van der Waals surface area (Å²) < 4.78 is 0. The molecular weight excluding hydrogens is 152 g/mol. The van der Waals surface area contributed by atoms with Crippen molar-refractivity contribution in [3.05, 3.63) is 24.0 Å². The van der Waals surface area contributed by atoms with Gasteiger partial charge in [0.25, 0.3) is 0 Å². The average molecular weight is 164 g/mol. The molecule has 0 atom stereocenters. The summed E-state index contributed by atoms with van der Waals surface area (Å²) in [5, 5.41) is 2.76. The second-order valence-corrected chi connectivity index (χ2v) is 2.59. The second kappa shape index (κ2) is 3.85. The van der Waals surface area contributed by atoms with Crippen molar-refractivity contribution in [1.29, 1.82) is 0 Å². The molecule has 0 radical (unpaired) electrons. The molecule has 0 aromatic carbocycles. The van der Waals surface area contributed by atoms with Crippen LogP contribution in [0.25, 0.3) is 0 Å². The largest absolute Gasteiger partial charge is 0.325 e. The summed E-state index contributed by atoms with van der Waals surface area (Å²) in [7, 11) is 0. The van der Waals surface area contributed by atoms with Gasteiger partial charge < -0.3 is 5.32 Å². The van der Waals surface area contributed by atoms with Crippen LogP contribution in [0.5, 0.6) is 0 Å². The van der Waals surface area contributed by atoms with Crippen LogP contribution in [0, 0.1) is 6.92 Å². The minimum absolute atomic E-state index is 0.0195. The van der Waals surface area contributed by atoms with Gasteiger partial charge in [-0.15, -0.1) is 0 Å². The van der Waals surface area contributed by atoms with E-state index in [0.29, 0.717) is 6.42 Å². The summed E-state index contributed by atoms with van der Waals surface area (Å²) >= 11 is 0. The first-order valence-corrected chi connectivity index (χ1v) is 3.94. The Bertz CT molecular complexity index is 284. The highest BCUT2D eigenvalue weighted by molar-refractivity contribution is 5.90. The van der Waals surface area contributed by atoms with Crippen molar-refractivity contribution in [2.45, 2.75) is 20.3 Å². The molecule has 1 aromatic rings. The fourth-order valence-corrected chi connectivity index (χ4v) is 0.833. The third-order valence-corrected chi connectivity index (χ3v) is 1.63. The molecule has 0 spiro atoms. The van der Waals surface area contributed by atoms with Crippen LogP contribution in [-0.2, 0) is 4.79 Å². The van der Waals surface area contributed by atoms with Gasteiger partial charge in [0.2, 0.25) is 5.91 Å². The number of hydrogen-bond donors (Lipinski definition) is 1. The maximum atomic E-state index is 11.0. The fraction of sp³-hybridized carbons (Fsp3) is 0.333. The van der Waals surface area contributed by atoms with Gasteiger partial charge in [-0.3, -0.25) is 9.78 Å². The van der Waals surface area contributed by atoms with E-state index in [1.54, 1.807) is 12.4 Å². The van der Waals surface area contributed by atoms with Crippen molar-refractivity contribution in [3.63, 3.8) is 0 Å². The normalized spacial score (nSPS) is 9.50. The number of nitrogens with one attached hydrogen (secondary N) is 1. The fourth-order valence-electron chi connectivity index (χ4n) is 0.833. The van der Waals surface area contributed by atoms with Gasteiger partial charge in [0, 0.05) is 12.6 Å². The van der Waals surface area contributed by atoms with E-state index in [0.717, 1.165) is 11.3 Å². The van der Waals surface area contributed by atoms with Crippen molar-refractivity contribution in [2.75, 3.05) is 5.32 Å². The number of carbonyl (C=O) groups is 1. The number of amides is 1. The molecule has 1 aromatic heterocycles. The van der Waals surface area contributed by atoms with E-state index in [9.17, 15) is 4.79 Å². The molecule has 0 aliphatic heterocycles. The lowest BCUT2D eigenvalue weighted by molar-refractivity contribution is -0.115. The first-order valence-electron chi connectivity index (χ1n) is 3.94. The topological polar surface area (TPSA) is 42.0 Å². The lowest BCUT2D eigenvalue weighted by Crippen LogP contribution is -2.10. The predicted octanol–water partition coefficient (Wildman–Crippen LogP) is 1.74. The summed E-state index contributed by atoms with van der Waals surface area (Å²) in [6, 6.07) is 1.87. The third kappa shape index (κ3) is 2.05. The summed E-state index contributed by atoms with van der Waals surface area (Å²) in [4.78, 5) is 14.9. The van der Waals surface area contributed by atoms with E-state index in [-0.39, 0.29) is 5.91 Å². The molecule has 0 aliphatic rings. The van der Waals surface area contributed by atoms with Crippen molar-refractivity contribution in [1.82, 2.24) is 4.98 Å². The van der Waals surface area contributed by atoms with Gasteiger partial charge >= 0.3 is 0 Å². The minimum Gasteiger partial charge on any atom is -0.325 e. The van der Waals surface area contributed by atoms with Crippen molar-refractivity contribution in [2.24, 2.45) is 0 Å². The van der Waals surface area contributed by atoms with Crippen molar-refractivity contribution >= 4 is 11.6 Å². The highest BCUT2D eigenvalue weighted by Crippen LogP contribution is 2.10. The Balaban J connectivity index is 2.75. The number of nitrogens with zero attached hydrogens (tertiary/aromatic N) is 1. The monoisotopic (exact) mass is 164 g/mol. The smallest absolute Gasteiger partial charge is 0.224 e. The summed E-state index contributed by atoms with van der Waals surface area (Å²) in [5.41, 5.74) is 1.83. The van der Waals surface area contributed by atoms with E-state index in [1.165, 1.54) is 0 Å². The summed E-state index contributed by atoms with van der Waals surface area (Å²) in [5.74, 6) is 0.0195. The number of aryl methyl sites for hydroxylation is 1. The molecule has 1 heterocycles. The number of rotatable bonds is 2. The molecule has 0 unspecified atom stereocenters. The molecule has 0 saturated carbocycles. The van der Waals surface area contributed by atoms with Crippen molar-refractivity contribution < 1.29 is 4.79 Å². The van der Waals surface area contributed by atoms with Crippen LogP contribution in [0.3, 0.4) is 0 Å². The van der Waals surface area contributed by atoms with Gasteiger partial charge in [0.15, 0.2) is 0 Å². The number of pyridine rings is 1. The molecule has 12 heavy (non-hydrogen) atoms. The van der Waals surface area contributed by atoms with Crippen LogP contribution in [0.15, 0.2) is 18.5 Å². The van der Waals surface area contributed by atoms with E-state index < -0.39 is 0 Å². The Morgan fingerprint density at radius 3 is 3.00 bits per heavy atom. The van der Waals surface area contributed by atoms with Gasteiger partial charge in [-0.25, -0.2) is 0 Å². The van der Waals surface area contributed by atoms with Gasteiger partial charge in [0.1, 0.15) is 0 Å². The lowest BCUT2D eigenvalue weighted by atomic mass is 10.2. The predicted molar refractivity (Wildman–Crippen MR) is 47.9 cm³/mol. The molecular formula is C9H12N2O. The number of anilines is 1. The molecule has 3 nitrogen and oxygen atoms in total. The average Bonchev–Trinajstić information content (AvgIpc) is 2.09. The molecule has 1 rings (SSSR count). The Hall–Kier alpha value is -1.38. The Morgan fingerprint density at radius 1 is 1.67 bits per heavy atom. The zero-order valence-corrected chi connectivity index (χ0v) is 7.29. The second-order valence-electron chi connectivity index (χ2n) is 2.59. The van der Waals surface area contributed by atoms with Crippen LogP contribution in [0.2, 0.25) is 0 Å². The molecule has 1 amide bonds. The van der Waals surface area contributed by atoms with Crippen LogP contribution in [0.4, 0.5) is 5.69 Å². The van der Waals surface area contributed by atoms with Gasteiger partial charge in [-0.2, -0.15) is 0 Å². The maximum Gasteiger partial charge on any atom is 0.224 e. The molecule has 3 heteroatoms. The summed E-state index contributed by atoms with van der Waals surface area (Å²) in [6.45, 7) is 3.76. The van der Waals surface area contributed by atoms with Crippen LogP contribution in [-0.4, -0.2) is 10.9 Å². The van der Waals surface area contributed by atoms with Gasteiger partial charge in [0.05, 0.1) is 11.9 Å². The minimum atomic E-state index is 0.0195. The standard InChI is InChI=1S/C9H12N2O/c1-3-9(12)11-8-6-10-5-4-7(8)2/h4-6H,3H2,1-2H3,(H,11,12). The van der Waals surface area contributed by atoms with Crippen LogP contribution >= 0.6 is 0 Å². The van der Waals surface area contributed by atoms with Crippen molar-refractivity contribution in [3.8, 4) is 0 Å². The quantitative estimate of drug-likeness (QED) is 0.723. The van der Waals surface area contributed by atoms with E-state index in [2.05, 4.69) is 10.3 Å². The van der Waals surface area contributed by atoms with E-state index >= 15 is 0 Å². The highest BCUT2D eigenvalue weighted by atomic mass is 16.1. The highest BCUT2D eigenvalue weighted by Gasteiger charge is 2.00. The zero-order valence-electron chi connectivity index (χ0n) is 7.29. The SMILES string of the molecule is CCC(=O)Nc1cnccc1C. The Kier molecular flexibility index (Phi) is 2.80. The number of carbonyl (C=O) groups excluding carboxylic acids is 1. The van der Waals surface area contributed by atoms with Gasteiger partial charge in [-0.1, -0.05) is 6.92 Å². The molecule has 0 fully saturated rings. The molecule has 0 aliphatic carbocycles. The van der Waals surface area contributed by atoms with E-state index in [1.807, 2.05) is 19.9 Å². The number of aromatic nitrogens is 1. The van der Waals surface area contributed by atoms with Gasteiger partial charge in [-0.05, 0) is 18.6 Å². The molecule has 0 bridgehead atoms. The first kappa shape index (κ1) is 8.71. The first-order chi connectivity index (χ1) is 5.74. The summed E-state index contributed by atoms with van der Waals surface area (Å²) in [6.07, 6.45) is 3.86. The van der Waals surface area contributed by atoms with Crippen LogP contribution in [0.1, 0.15) is 18.9 Å². The third-order valence-electron chi connectivity index (χ3n) is 1.63. The van der Waals surface area contributed by atoms with Crippen LogP contribution < -0.4 is 5.32 Å². The molecule has 0 saturated heterocycles. The maximum absolute atomic E-state index is 11.0. The van der Waals surface area contributed by atoms with E-state index in [4.69, 9.17) is 0 Å². The number of hydrogen-bond acceptors (Lipinski definition) is 2. The Morgan fingerprint density at radius 2 is 2.42 bits per heavy atom. The zero-order chi connectivity index (χ0) is 8.97. The lowest BCUT2D eigenvalue weighted by Gasteiger charge is -2.04.